The zero-order chi connectivity index (χ0) is 29.0. The number of hydrogen-bond donors (Lipinski definition) is 0. The Hall–Kier alpha value is -3.40. The summed E-state index contributed by atoms with van der Waals surface area (Å²) in [7, 11) is 0. The summed E-state index contributed by atoms with van der Waals surface area (Å²) in [6.07, 6.45) is 20.6. The van der Waals surface area contributed by atoms with E-state index in [0.717, 1.165) is 26.2 Å². The standard InChI is InChI=1S/C38H52N4/c1-3-5-7-9-11-17-26-39-31-41(37-24-15-13-22-35(37)39)29-33-20-19-21-34(28-33)30-42-32-40(27-18-12-10-8-6-4-2)36-23-14-16-25-38(36)42/h13-16,19-25,28,31-32H,3-12,17-18,26-27,29-30H2,1-2H3/q+2. The van der Waals surface area contributed by atoms with Crippen LogP contribution in [0.5, 0.6) is 0 Å². The molecule has 0 N–H and O–H groups in total. The summed E-state index contributed by atoms with van der Waals surface area (Å²) in [5.74, 6) is 0. The van der Waals surface area contributed by atoms with Crippen LogP contribution in [0, 0.1) is 0 Å². The number of fused-ring (bicyclic) bond motifs is 2. The van der Waals surface area contributed by atoms with E-state index in [1.165, 1.54) is 110 Å². The Morgan fingerprint density at radius 3 is 1.38 bits per heavy atom. The molecule has 0 saturated carbocycles. The Bertz CT molecular complexity index is 1410. The minimum Gasteiger partial charge on any atom is -0.230 e. The molecule has 0 spiro atoms. The van der Waals surface area contributed by atoms with Gasteiger partial charge in [-0.25, -0.2) is 18.3 Å². The molecule has 0 fully saturated rings. The van der Waals surface area contributed by atoms with Gasteiger partial charge in [-0.15, -0.1) is 0 Å². The van der Waals surface area contributed by atoms with E-state index in [9.17, 15) is 0 Å². The van der Waals surface area contributed by atoms with Crippen LogP contribution in [0.2, 0.25) is 0 Å². The largest absolute Gasteiger partial charge is 0.245 e. The van der Waals surface area contributed by atoms with Crippen LogP contribution in [-0.2, 0) is 26.2 Å². The molecule has 0 atom stereocenters. The lowest BCUT2D eigenvalue weighted by Crippen LogP contribution is -2.34. The zero-order valence-corrected chi connectivity index (χ0v) is 26.2. The molecule has 0 aliphatic heterocycles. The summed E-state index contributed by atoms with van der Waals surface area (Å²) in [4.78, 5) is 0. The molecule has 5 aromatic rings. The zero-order valence-electron chi connectivity index (χ0n) is 26.2. The first-order valence-corrected chi connectivity index (χ1v) is 16.8. The molecular weight excluding hydrogens is 512 g/mol. The first-order valence-electron chi connectivity index (χ1n) is 16.8. The van der Waals surface area contributed by atoms with E-state index in [1.54, 1.807) is 0 Å². The van der Waals surface area contributed by atoms with Gasteiger partial charge in [-0.2, -0.15) is 0 Å². The molecular formula is C38H52N4+2. The summed E-state index contributed by atoms with van der Waals surface area (Å²) in [6, 6.07) is 27.0. The van der Waals surface area contributed by atoms with E-state index in [2.05, 4.69) is 118 Å². The molecule has 0 unspecified atom stereocenters. The number of nitrogens with zero attached hydrogens (tertiary/aromatic N) is 4. The van der Waals surface area contributed by atoms with Gasteiger partial charge in [0.15, 0.2) is 22.1 Å². The third-order valence-corrected chi connectivity index (χ3v) is 8.76. The van der Waals surface area contributed by atoms with Crippen LogP contribution in [0.4, 0.5) is 0 Å². The molecule has 2 aromatic heterocycles. The van der Waals surface area contributed by atoms with E-state index in [1.807, 2.05) is 0 Å². The fourth-order valence-corrected chi connectivity index (χ4v) is 6.44. The van der Waals surface area contributed by atoms with Crippen molar-refractivity contribution in [2.24, 2.45) is 0 Å². The van der Waals surface area contributed by atoms with Crippen molar-refractivity contribution >= 4 is 22.1 Å². The highest BCUT2D eigenvalue weighted by Gasteiger charge is 2.17. The molecule has 42 heavy (non-hydrogen) atoms. The van der Waals surface area contributed by atoms with Crippen LogP contribution >= 0.6 is 0 Å². The van der Waals surface area contributed by atoms with Gasteiger partial charge in [-0.05, 0) is 67.1 Å². The molecule has 5 rings (SSSR count). The predicted octanol–water partition coefficient (Wildman–Crippen LogP) is 8.99. The third-order valence-electron chi connectivity index (χ3n) is 8.76. The molecule has 4 nitrogen and oxygen atoms in total. The minimum absolute atomic E-state index is 0.891. The van der Waals surface area contributed by atoms with Crippen molar-refractivity contribution in [1.29, 1.82) is 0 Å². The average molecular weight is 565 g/mol. The van der Waals surface area contributed by atoms with Crippen LogP contribution < -0.4 is 9.13 Å². The van der Waals surface area contributed by atoms with Gasteiger partial charge in [-0.3, -0.25) is 0 Å². The first-order chi connectivity index (χ1) is 20.8. The number of imidazole rings is 2. The molecule has 0 amide bonds. The monoisotopic (exact) mass is 564 g/mol. The second-order valence-electron chi connectivity index (χ2n) is 12.2. The van der Waals surface area contributed by atoms with Crippen LogP contribution in [0.1, 0.15) is 102 Å². The van der Waals surface area contributed by atoms with Gasteiger partial charge in [-0.1, -0.05) is 108 Å². The summed E-state index contributed by atoms with van der Waals surface area (Å²) < 4.78 is 9.80. The summed E-state index contributed by atoms with van der Waals surface area (Å²) >= 11 is 0. The van der Waals surface area contributed by atoms with Gasteiger partial charge < -0.3 is 0 Å². The van der Waals surface area contributed by atoms with Crippen LogP contribution in [0.25, 0.3) is 22.1 Å². The highest BCUT2D eigenvalue weighted by atomic mass is 15.1. The normalized spacial score (nSPS) is 11.7. The average Bonchev–Trinajstić information content (AvgIpc) is 3.54. The van der Waals surface area contributed by atoms with Crippen molar-refractivity contribution in [3.8, 4) is 0 Å². The Balaban J connectivity index is 1.27. The predicted molar refractivity (Wildman–Crippen MR) is 176 cm³/mol. The Labute approximate surface area is 253 Å². The first kappa shape index (κ1) is 30.1. The number of rotatable bonds is 18. The Morgan fingerprint density at radius 2 is 0.905 bits per heavy atom. The van der Waals surface area contributed by atoms with Crippen molar-refractivity contribution in [3.63, 3.8) is 0 Å². The number of aryl methyl sites for hydroxylation is 2. The van der Waals surface area contributed by atoms with Crippen molar-refractivity contribution in [2.45, 2.75) is 117 Å². The quantitative estimate of drug-likeness (QED) is 0.0747. The topological polar surface area (TPSA) is 17.6 Å². The molecule has 2 heterocycles. The molecule has 0 radical (unpaired) electrons. The summed E-state index contributed by atoms with van der Waals surface area (Å²) in [5, 5.41) is 0. The maximum atomic E-state index is 2.47. The van der Waals surface area contributed by atoms with E-state index in [0.29, 0.717) is 0 Å². The number of unbranched alkanes of at least 4 members (excludes halogenated alkanes) is 10. The molecule has 3 aromatic carbocycles. The van der Waals surface area contributed by atoms with Crippen molar-refractivity contribution in [1.82, 2.24) is 9.13 Å². The van der Waals surface area contributed by atoms with Crippen molar-refractivity contribution < 1.29 is 9.13 Å². The van der Waals surface area contributed by atoms with E-state index >= 15 is 0 Å². The van der Waals surface area contributed by atoms with E-state index in [4.69, 9.17) is 0 Å². The lowest BCUT2D eigenvalue weighted by atomic mass is 10.1. The Kier molecular flexibility index (Phi) is 11.3. The van der Waals surface area contributed by atoms with Crippen LogP contribution in [0.3, 0.4) is 0 Å². The number of aromatic nitrogens is 4. The lowest BCUT2D eigenvalue weighted by Gasteiger charge is -2.04. The van der Waals surface area contributed by atoms with Gasteiger partial charge in [0.25, 0.3) is 0 Å². The molecule has 4 heteroatoms. The maximum Gasteiger partial charge on any atom is 0.245 e. The maximum absolute atomic E-state index is 2.47. The van der Waals surface area contributed by atoms with E-state index in [-0.39, 0.29) is 0 Å². The smallest absolute Gasteiger partial charge is 0.230 e. The van der Waals surface area contributed by atoms with Gasteiger partial charge in [0.1, 0.15) is 13.1 Å². The van der Waals surface area contributed by atoms with Crippen LogP contribution in [0.15, 0.2) is 85.5 Å². The molecule has 0 bridgehead atoms. The highest BCUT2D eigenvalue weighted by Crippen LogP contribution is 2.17. The minimum atomic E-state index is 0.891. The van der Waals surface area contributed by atoms with Gasteiger partial charge in [0, 0.05) is 0 Å². The second-order valence-corrected chi connectivity index (χ2v) is 12.2. The molecule has 222 valence electrons. The summed E-state index contributed by atoms with van der Waals surface area (Å²) in [5.41, 5.74) is 8.04. The summed E-state index contributed by atoms with van der Waals surface area (Å²) in [6.45, 7) is 8.55. The number of para-hydroxylation sites is 4. The van der Waals surface area contributed by atoms with Gasteiger partial charge in [0.05, 0.1) is 13.1 Å². The third kappa shape index (κ3) is 7.91. The fraction of sp³-hybridized carbons (Fsp3) is 0.474. The number of hydrogen-bond acceptors (Lipinski definition) is 0. The fourth-order valence-electron chi connectivity index (χ4n) is 6.44. The molecule has 0 saturated heterocycles. The number of benzene rings is 3. The SMILES string of the molecule is CCCCCCCCn1c[n+](Cc2cccc(C[n+]3cn(CCCCCCCC)c4ccccc43)c2)c2ccccc21. The highest BCUT2D eigenvalue weighted by molar-refractivity contribution is 5.72. The van der Waals surface area contributed by atoms with Crippen molar-refractivity contribution in [2.75, 3.05) is 0 Å². The van der Waals surface area contributed by atoms with Gasteiger partial charge in [0.2, 0.25) is 12.7 Å². The second kappa shape index (κ2) is 15.7. The van der Waals surface area contributed by atoms with Gasteiger partial charge >= 0.3 is 0 Å². The van der Waals surface area contributed by atoms with Crippen molar-refractivity contribution in [3.05, 3.63) is 96.6 Å². The van der Waals surface area contributed by atoms with E-state index < -0.39 is 0 Å². The van der Waals surface area contributed by atoms with Crippen LogP contribution in [-0.4, -0.2) is 9.13 Å². The Morgan fingerprint density at radius 1 is 0.476 bits per heavy atom. The lowest BCUT2D eigenvalue weighted by molar-refractivity contribution is -0.664. The molecule has 0 aliphatic rings. The molecule has 0 aliphatic carbocycles.